The number of carbonyl (C=O) groups is 1. The molecule has 0 aliphatic heterocycles. The van der Waals surface area contributed by atoms with Crippen LogP contribution in [0.25, 0.3) is 0 Å². The summed E-state index contributed by atoms with van der Waals surface area (Å²) in [6.45, 7) is 5.80. The van der Waals surface area contributed by atoms with E-state index in [9.17, 15) is 9.36 Å². The molecule has 17 heavy (non-hydrogen) atoms. The quantitative estimate of drug-likeness (QED) is 0.279. The molecule has 0 aromatic rings. The zero-order valence-corrected chi connectivity index (χ0v) is 13.7. The van der Waals surface area contributed by atoms with Crippen molar-refractivity contribution in [3.05, 3.63) is 0 Å². The normalized spacial score (nSPS) is 16.2. The van der Waals surface area contributed by atoms with E-state index >= 15 is 0 Å². The Balaban J connectivity index is 3.87. The van der Waals surface area contributed by atoms with E-state index in [-0.39, 0.29) is 18.7 Å². The molecule has 6 heteroatoms. The van der Waals surface area contributed by atoms with E-state index in [1.807, 2.05) is 6.92 Å². The van der Waals surface area contributed by atoms with Crippen LogP contribution >= 0.6 is 5.46 Å². The first-order chi connectivity index (χ1) is 7.89. The molecule has 0 aliphatic carbocycles. The summed E-state index contributed by atoms with van der Waals surface area (Å²) in [5.74, 6) is -0.183. The van der Waals surface area contributed by atoms with E-state index in [1.165, 1.54) is 19.3 Å². The number of hydrogen-bond acceptors (Lipinski definition) is 4. The fourth-order valence-electron chi connectivity index (χ4n) is 1.22. The number of ether oxygens (including phenoxy) is 1. The molecule has 0 aromatic carbocycles. The average Bonchev–Trinajstić information content (AvgIpc) is 2.23. The van der Waals surface area contributed by atoms with Crippen molar-refractivity contribution in [2.24, 2.45) is 0 Å². The summed E-state index contributed by atoms with van der Waals surface area (Å²) >= 11 is 1.48. The molecule has 2 atom stereocenters. The Bertz CT molecular complexity index is 264. The SMILES string of the molecule is CCCCCC(=O)OC(CC)CO[P](C)(=O)[Mo]. The van der Waals surface area contributed by atoms with Gasteiger partial charge in [0.2, 0.25) is 0 Å². The molecule has 0 aliphatic rings. The number of unbranched alkanes of at least 4 members (excludes halogenated alkanes) is 2. The number of esters is 1. The molecule has 0 aromatic heterocycles. The van der Waals surface area contributed by atoms with Gasteiger partial charge >= 0.3 is 115 Å². The van der Waals surface area contributed by atoms with Gasteiger partial charge in [0, 0.05) is 0 Å². The van der Waals surface area contributed by atoms with Crippen molar-refractivity contribution in [1.82, 2.24) is 0 Å². The van der Waals surface area contributed by atoms with Gasteiger partial charge in [-0.05, 0) is 0 Å². The van der Waals surface area contributed by atoms with Crippen LogP contribution < -0.4 is 0 Å². The third-order valence-corrected chi connectivity index (χ3v) is 3.63. The van der Waals surface area contributed by atoms with Gasteiger partial charge in [-0.15, -0.1) is 0 Å². The van der Waals surface area contributed by atoms with Crippen molar-refractivity contribution in [1.29, 1.82) is 0 Å². The Morgan fingerprint density at radius 1 is 1.35 bits per heavy atom. The molecule has 0 bridgehead atoms. The fourth-order valence-corrected chi connectivity index (χ4v) is 2.10. The van der Waals surface area contributed by atoms with Gasteiger partial charge in [0.1, 0.15) is 0 Å². The number of carbonyl (C=O) groups excluding carboxylic acids is 1. The van der Waals surface area contributed by atoms with E-state index in [4.69, 9.17) is 9.26 Å². The van der Waals surface area contributed by atoms with Crippen LogP contribution in [-0.4, -0.2) is 25.3 Å². The van der Waals surface area contributed by atoms with Gasteiger partial charge in [-0.25, -0.2) is 0 Å². The van der Waals surface area contributed by atoms with Crippen LogP contribution in [0.3, 0.4) is 0 Å². The zero-order chi connectivity index (χ0) is 13.3. The Labute approximate surface area is 115 Å². The third kappa shape index (κ3) is 11.2. The van der Waals surface area contributed by atoms with Crippen LogP contribution in [0, 0.1) is 0 Å². The maximum atomic E-state index is 11.5. The summed E-state index contributed by atoms with van der Waals surface area (Å²) < 4.78 is 21.8. The van der Waals surface area contributed by atoms with Crippen molar-refractivity contribution >= 4 is 11.4 Å². The van der Waals surface area contributed by atoms with Crippen LogP contribution in [0.1, 0.15) is 46.0 Å². The van der Waals surface area contributed by atoms with Crippen molar-refractivity contribution < 1.29 is 37.9 Å². The first-order valence-electron chi connectivity index (χ1n) is 6.01. The Kier molecular flexibility index (Phi) is 9.49. The van der Waals surface area contributed by atoms with E-state index in [0.717, 1.165) is 19.3 Å². The molecule has 4 nitrogen and oxygen atoms in total. The van der Waals surface area contributed by atoms with Gasteiger partial charge in [-0.2, -0.15) is 0 Å². The minimum absolute atomic E-state index is 0.183. The molecule has 0 amide bonds. The van der Waals surface area contributed by atoms with Crippen LogP contribution in [0.2, 0.25) is 0 Å². The molecule has 0 saturated carbocycles. The zero-order valence-electron chi connectivity index (χ0n) is 10.8. The second-order valence-electron chi connectivity index (χ2n) is 4.04. The van der Waals surface area contributed by atoms with Gasteiger partial charge in [0.15, 0.2) is 0 Å². The molecule has 0 heterocycles. The summed E-state index contributed by atoms with van der Waals surface area (Å²) in [6, 6.07) is 0. The second-order valence-corrected chi connectivity index (χ2v) is 10.7. The monoisotopic (exact) mass is 347 g/mol. The molecule has 101 valence electrons. The molecular weight excluding hydrogens is 323 g/mol. The van der Waals surface area contributed by atoms with Crippen LogP contribution in [0.15, 0.2) is 0 Å². The van der Waals surface area contributed by atoms with Gasteiger partial charge in [-0.3, -0.25) is 0 Å². The fraction of sp³-hybridized carbons (Fsp3) is 0.909. The molecule has 2 unspecified atom stereocenters. The van der Waals surface area contributed by atoms with Gasteiger partial charge in [0.05, 0.1) is 0 Å². The molecule has 0 radical (unpaired) electrons. The van der Waals surface area contributed by atoms with Crippen LogP contribution in [0.4, 0.5) is 0 Å². The average molecular weight is 345 g/mol. The van der Waals surface area contributed by atoms with Gasteiger partial charge in [-0.1, -0.05) is 0 Å². The molecule has 0 rings (SSSR count). The van der Waals surface area contributed by atoms with Crippen molar-refractivity contribution in [3.63, 3.8) is 0 Å². The first-order valence-corrected chi connectivity index (χ1v) is 10.7. The van der Waals surface area contributed by atoms with Crippen LogP contribution in [0.5, 0.6) is 0 Å². The third-order valence-electron chi connectivity index (χ3n) is 2.23. The Morgan fingerprint density at radius 2 is 2.00 bits per heavy atom. The van der Waals surface area contributed by atoms with Gasteiger partial charge in [0.25, 0.3) is 0 Å². The molecule has 0 N–H and O–H groups in total. The first kappa shape index (κ1) is 17.3. The van der Waals surface area contributed by atoms with Crippen LogP contribution in [-0.2, 0) is 37.9 Å². The molecule has 0 spiro atoms. The summed E-state index contributed by atoms with van der Waals surface area (Å²) in [6.07, 6.45) is 3.86. The summed E-state index contributed by atoms with van der Waals surface area (Å²) in [5.41, 5.74) is -2.48. The minimum atomic E-state index is -2.48. The predicted molar refractivity (Wildman–Crippen MR) is 63.8 cm³/mol. The summed E-state index contributed by atoms with van der Waals surface area (Å²) in [4.78, 5) is 11.5. The summed E-state index contributed by atoms with van der Waals surface area (Å²) in [7, 11) is 0. The van der Waals surface area contributed by atoms with E-state index in [1.54, 1.807) is 6.66 Å². The van der Waals surface area contributed by atoms with Gasteiger partial charge < -0.3 is 0 Å². The maximum absolute atomic E-state index is 11.5. The predicted octanol–water partition coefficient (Wildman–Crippen LogP) is 3.27. The topological polar surface area (TPSA) is 52.6 Å². The Hall–Kier alpha value is 0.348. The molecule has 0 saturated heterocycles. The van der Waals surface area contributed by atoms with E-state index in [2.05, 4.69) is 6.92 Å². The number of rotatable bonds is 9. The summed E-state index contributed by atoms with van der Waals surface area (Å²) in [5, 5.41) is 0. The van der Waals surface area contributed by atoms with Crippen molar-refractivity contribution in [2.45, 2.75) is 52.1 Å². The van der Waals surface area contributed by atoms with E-state index < -0.39 is 5.46 Å². The Morgan fingerprint density at radius 3 is 2.47 bits per heavy atom. The molecular formula is C11H22MoO4P. The van der Waals surface area contributed by atoms with Crippen molar-refractivity contribution in [3.8, 4) is 0 Å². The standard InChI is InChI=1S/C11H22O4P.Mo/c1-4-6-7-8-11(12)15-10(5-2)9-14-16(3)13;/h10H,4-9H2,1-3H3;/q+1;-1. The van der Waals surface area contributed by atoms with E-state index in [0.29, 0.717) is 12.8 Å². The molecule has 0 fully saturated rings. The number of hydrogen-bond donors (Lipinski definition) is 0. The second kappa shape index (κ2) is 9.30. The van der Waals surface area contributed by atoms with Crippen molar-refractivity contribution in [2.75, 3.05) is 13.3 Å².